The van der Waals surface area contributed by atoms with Crippen molar-refractivity contribution in [3.05, 3.63) is 83.6 Å². The largest absolute Gasteiger partial charge is 0.490 e. The van der Waals surface area contributed by atoms with Crippen LogP contribution in [0.5, 0.6) is 11.6 Å². The quantitative estimate of drug-likeness (QED) is 0.476. The second-order valence-corrected chi connectivity index (χ2v) is 12.5. The summed E-state index contributed by atoms with van der Waals surface area (Å²) < 4.78 is 38.3. The van der Waals surface area contributed by atoms with Gasteiger partial charge in [-0.25, -0.2) is 13.4 Å². The van der Waals surface area contributed by atoms with Gasteiger partial charge < -0.3 is 14.6 Å². The number of amides is 1. The van der Waals surface area contributed by atoms with Gasteiger partial charge in [-0.2, -0.15) is 0 Å². The molecule has 0 radical (unpaired) electrons. The third-order valence-corrected chi connectivity index (χ3v) is 8.52. The van der Waals surface area contributed by atoms with Crippen LogP contribution in [-0.2, 0) is 14.8 Å². The van der Waals surface area contributed by atoms with Crippen LogP contribution in [0.1, 0.15) is 68.0 Å². The first-order chi connectivity index (χ1) is 18.4. The molecule has 2 heterocycles. The molecule has 39 heavy (non-hydrogen) atoms. The molecule has 1 fully saturated rings. The molecule has 1 amide bonds. The van der Waals surface area contributed by atoms with Crippen LogP contribution in [0.4, 0.5) is 0 Å². The Morgan fingerprint density at radius 2 is 1.92 bits per heavy atom. The summed E-state index contributed by atoms with van der Waals surface area (Å²) in [5, 5.41) is 9.01. The Bertz CT molecular complexity index is 1390. The van der Waals surface area contributed by atoms with E-state index in [0.717, 1.165) is 35.2 Å². The molecule has 1 aliphatic carbocycles. The number of aromatic nitrogens is 1. The van der Waals surface area contributed by atoms with Crippen molar-refractivity contribution in [2.75, 3.05) is 6.61 Å². The number of ether oxygens (including phenoxy) is 2. The standard InChI is InChI=1S/C30H36N2O6S/c1-20-9-12-23(38-24-13-10-22(11-14-24)27-19-28(33)32-39(27,35)36)7-5-6-8-25(20)26-15-16-29(31-21(26)2)37-18-17-30(3,4)34/h5-6,8,10-11,13-16,23,27,34H,1,7,9,12,17-19H2,2-4H3,(H,32,33)/b6-5-,25-8?/t23-,27?/m0/s1. The van der Waals surface area contributed by atoms with Gasteiger partial charge in [-0.15, -0.1) is 0 Å². The number of aliphatic hydroxyl groups is 1. The highest BCUT2D eigenvalue weighted by Crippen LogP contribution is 2.33. The minimum absolute atomic E-state index is 0.0692. The third kappa shape index (κ3) is 7.58. The Balaban J connectivity index is 1.38. The number of hydrogen-bond donors (Lipinski definition) is 2. The summed E-state index contributed by atoms with van der Waals surface area (Å²) in [7, 11) is -3.68. The fraction of sp³-hybridized carbons (Fsp3) is 0.400. The number of carbonyl (C=O) groups is 1. The molecule has 9 heteroatoms. The summed E-state index contributed by atoms with van der Waals surface area (Å²) in [4.78, 5) is 16.2. The predicted octanol–water partition coefficient (Wildman–Crippen LogP) is 4.95. The lowest BCUT2D eigenvalue weighted by Gasteiger charge is -2.20. The summed E-state index contributed by atoms with van der Waals surface area (Å²) in [6.07, 6.45) is 8.67. The summed E-state index contributed by atoms with van der Waals surface area (Å²) in [6.45, 7) is 10.2. The molecule has 0 saturated carbocycles. The van der Waals surface area contributed by atoms with Crippen molar-refractivity contribution in [2.45, 2.75) is 69.8 Å². The van der Waals surface area contributed by atoms with E-state index in [1.807, 2.05) is 29.9 Å². The van der Waals surface area contributed by atoms with Crippen LogP contribution in [0.15, 0.2) is 66.8 Å². The first-order valence-electron chi connectivity index (χ1n) is 13.1. The highest BCUT2D eigenvalue weighted by atomic mass is 32.2. The second kappa shape index (κ2) is 11.8. The maximum absolute atomic E-state index is 12.1. The molecule has 0 spiro atoms. The molecule has 2 aromatic rings. The summed E-state index contributed by atoms with van der Waals surface area (Å²) in [6, 6.07) is 10.7. The molecule has 1 aromatic carbocycles. The number of sulfonamides is 1. The molecule has 8 nitrogen and oxygen atoms in total. The van der Waals surface area contributed by atoms with Gasteiger partial charge in [0, 0.05) is 30.2 Å². The monoisotopic (exact) mass is 552 g/mol. The topological polar surface area (TPSA) is 115 Å². The van der Waals surface area contributed by atoms with E-state index >= 15 is 0 Å². The number of pyridine rings is 1. The average Bonchev–Trinajstić information content (AvgIpc) is 3.17. The van der Waals surface area contributed by atoms with Gasteiger partial charge >= 0.3 is 0 Å². The second-order valence-electron chi connectivity index (χ2n) is 10.7. The average molecular weight is 553 g/mol. The lowest BCUT2D eigenvalue weighted by molar-refractivity contribution is -0.118. The van der Waals surface area contributed by atoms with Crippen molar-refractivity contribution < 1.29 is 27.8 Å². The zero-order valence-corrected chi connectivity index (χ0v) is 23.5. The van der Waals surface area contributed by atoms with Crippen molar-refractivity contribution in [2.24, 2.45) is 0 Å². The molecule has 1 aliphatic heterocycles. The van der Waals surface area contributed by atoms with Gasteiger partial charge in [-0.05, 0) is 68.5 Å². The van der Waals surface area contributed by atoms with E-state index in [1.165, 1.54) is 0 Å². The molecule has 1 saturated heterocycles. The molecular weight excluding hydrogens is 516 g/mol. The van der Waals surface area contributed by atoms with Gasteiger partial charge in [0.2, 0.25) is 21.8 Å². The van der Waals surface area contributed by atoms with E-state index in [1.54, 1.807) is 38.1 Å². The highest BCUT2D eigenvalue weighted by molar-refractivity contribution is 7.90. The van der Waals surface area contributed by atoms with Crippen molar-refractivity contribution >= 4 is 21.5 Å². The van der Waals surface area contributed by atoms with Gasteiger partial charge in [0.1, 0.15) is 17.1 Å². The first-order valence-corrected chi connectivity index (χ1v) is 14.7. The van der Waals surface area contributed by atoms with Crippen LogP contribution >= 0.6 is 0 Å². The van der Waals surface area contributed by atoms with Crippen LogP contribution in [0.3, 0.4) is 0 Å². The van der Waals surface area contributed by atoms with E-state index < -0.39 is 26.8 Å². The van der Waals surface area contributed by atoms with Crippen molar-refractivity contribution in [1.29, 1.82) is 0 Å². The number of hydrogen-bond acceptors (Lipinski definition) is 7. The molecular formula is C30H36N2O6S. The number of carbonyl (C=O) groups excluding carboxylic acids is 1. The van der Waals surface area contributed by atoms with E-state index in [0.29, 0.717) is 36.6 Å². The van der Waals surface area contributed by atoms with Gasteiger partial charge in [0.15, 0.2) is 0 Å². The Morgan fingerprint density at radius 3 is 2.56 bits per heavy atom. The Hall–Kier alpha value is -3.43. The number of benzene rings is 1. The van der Waals surface area contributed by atoms with Crippen LogP contribution in [0.25, 0.3) is 5.57 Å². The number of nitrogens with zero attached hydrogens (tertiary/aromatic N) is 1. The predicted molar refractivity (Wildman–Crippen MR) is 151 cm³/mol. The van der Waals surface area contributed by atoms with E-state index in [-0.39, 0.29) is 12.5 Å². The highest BCUT2D eigenvalue weighted by Gasteiger charge is 2.37. The van der Waals surface area contributed by atoms with Crippen LogP contribution in [0, 0.1) is 6.92 Å². The van der Waals surface area contributed by atoms with E-state index in [2.05, 4.69) is 23.7 Å². The van der Waals surface area contributed by atoms with Crippen molar-refractivity contribution in [3.8, 4) is 11.6 Å². The van der Waals surface area contributed by atoms with E-state index in [4.69, 9.17) is 9.47 Å². The summed E-state index contributed by atoms with van der Waals surface area (Å²) in [5.41, 5.74) is 3.61. The SMILES string of the molecule is C=C1CC[C@@H](Oc2ccc(C3CC(=O)NS3(=O)=O)cc2)C/C=C\C=C1c1ccc(OCCC(C)(C)O)nc1C. The summed E-state index contributed by atoms with van der Waals surface area (Å²) >= 11 is 0. The van der Waals surface area contributed by atoms with Crippen molar-refractivity contribution in [1.82, 2.24) is 9.71 Å². The Morgan fingerprint density at radius 1 is 1.18 bits per heavy atom. The lowest BCUT2D eigenvalue weighted by Crippen LogP contribution is -2.22. The lowest BCUT2D eigenvalue weighted by atomic mass is 9.94. The third-order valence-electron chi connectivity index (χ3n) is 6.82. The number of aryl methyl sites for hydroxylation is 1. The smallest absolute Gasteiger partial charge is 0.242 e. The van der Waals surface area contributed by atoms with Crippen LogP contribution < -0.4 is 14.2 Å². The zero-order valence-electron chi connectivity index (χ0n) is 22.6. The molecule has 4 rings (SSSR count). The molecule has 2 N–H and O–H groups in total. The van der Waals surface area contributed by atoms with Crippen LogP contribution in [-0.4, -0.2) is 42.7 Å². The molecule has 1 unspecified atom stereocenters. The Kier molecular flexibility index (Phi) is 8.61. The number of allylic oxidation sites excluding steroid dienone is 4. The van der Waals surface area contributed by atoms with Crippen molar-refractivity contribution in [3.63, 3.8) is 0 Å². The van der Waals surface area contributed by atoms with Gasteiger partial charge in [0.05, 0.1) is 18.6 Å². The molecule has 2 aliphatic rings. The maximum atomic E-state index is 12.1. The Labute approximate surface area is 230 Å². The fourth-order valence-electron chi connectivity index (χ4n) is 4.60. The van der Waals surface area contributed by atoms with Crippen LogP contribution in [0.2, 0.25) is 0 Å². The minimum Gasteiger partial charge on any atom is -0.490 e. The summed E-state index contributed by atoms with van der Waals surface area (Å²) in [5.74, 6) is 0.687. The number of rotatable bonds is 8. The maximum Gasteiger partial charge on any atom is 0.242 e. The molecule has 2 atom stereocenters. The first kappa shape index (κ1) is 28.6. The molecule has 0 bridgehead atoms. The molecule has 208 valence electrons. The normalized spacial score (nSPS) is 22.2. The van der Waals surface area contributed by atoms with Gasteiger partial charge in [-0.1, -0.05) is 36.9 Å². The zero-order chi connectivity index (χ0) is 28.2. The fourth-order valence-corrected chi connectivity index (χ4v) is 6.03. The molecule has 1 aromatic heterocycles. The van der Waals surface area contributed by atoms with Gasteiger partial charge in [-0.3, -0.25) is 9.52 Å². The minimum atomic E-state index is -3.68. The van der Waals surface area contributed by atoms with E-state index in [9.17, 15) is 18.3 Å². The van der Waals surface area contributed by atoms with Gasteiger partial charge in [0.25, 0.3) is 0 Å². The number of nitrogens with one attached hydrogen (secondary N) is 1.